The van der Waals surface area contributed by atoms with Crippen LogP contribution in [0.4, 0.5) is 5.82 Å². The molecule has 1 saturated carbocycles. The lowest BCUT2D eigenvalue weighted by molar-refractivity contribution is 0.298. The van der Waals surface area contributed by atoms with Crippen molar-refractivity contribution in [2.75, 3.05) is 5.73 Å². The number of fused-ring (bicyclic) bond motifs is 1. The maximum absolute atomic E-state index is 9.38. The van der Waals surface area contributed by atoms with Gasteiger partial charge in [-0.1, -0.05) is 30.3 Å². The minimum atomic E-state index is -0.0237. The van der Waals surface area contributed by atoms with Gasteiger partial charge in [-0.25, -0.2) is 4.98 Å². The maximum Gasteiger partial charge on any atom is 0.227 e. The Labute approximate surface area is 145 Å². The van der Waals surface area contributed by atoms with Crippen molar-refractivity contribution in [2.45, 2.75) is 31.9 Å². The molecule has 1 aliphatic rings. The second kappa shape index (κ2) is 6.44. The Balaban J connectivity index is 1.69. The number of benzene rings is 1. The number of nitrogens with two attached hydrogens (primary N) is 1. The monoisotopic (exact) mass is 333 g/mol. The fourth-order valence-electron chi connectivity index (χ4n) is 3.56. The molecule has 126 valence electrons. The van der Waals surface area contributed by atoms with Crippen molar-refractivity contribution < 1.29 is 4.74 Å². The van der Waals surface area contributed by atoms with E-state index in [2.05, 4.69) is 16.2 Å². The molecule has 3 aromatic rings. The van der Waals surface area contributed by atoms with Gasteiger partial charge in [-0.05, 0) is 30.9 Å². The lowest BCUT2D eigenvalue weighted by atomic mass is 10.1. The topological polar surface area (TPSA) is 89.8 Å². The van der Waals surface area contributed by atoms with Gasteiger partial charge in [0.1, 0.15) is 12.0 Å². The standard InChI is InChI=1S/C19H19N5O/c20-11-14-7-4-8-15(14)24-16-9-10-22-19(17(16)18(21)23-24)25-12-13-5-2-1-3-6-13/h1-3,5-6,9-10,14-15H,4,7-8,12H2,(H2,21,23)/t14-,15+/m1/s1. The molecule has 6 nitrogen and oxygen atoms in total. The van der Waals surface area contributed by atoms with Crippen LogP contribution in [0.2, 0.25) is 0 Å². The molecule has 0 radical (unpaired) electrons. The zero-order chi connectivity index (χ0) is 17.2. The molecule has 2 aromatic heterocycles. The van der Waals surface area contributed by atoms with Crippen LogP contribution in [-0.2, 0) is 6.61 Å². The molecule has 0 aliphatic heterocycles. The van der Waals surface area contributed by atoms with E-state index in [1.165, 1.54) is 0 Å². The number of ether oxygens (including phenoxy) is 1. The summed E-state index contributed by atoms with van der Waals surface area (Å²) < 4.78 is 7.80. The Kier molecular flexibility index (Phi) is 3.98. The van der Waals surface area contributed by atoms with Crippen molar-refractivity contribution in [1.82, 2.24) is 14.8 Å². The molecule has 0 saturated heterocycles. The minimum absolute atomic E-state index is 0.0237. The Morgan fingerprint density at radius 3 is 2.88 bits per heavy atom. The summed E-state index contributed by atoms with van der Waals surface area (Å²) in [6.07, 6.45) is 4.59. The molecule has 0 unspecified atom stereocenters. The summed E-state index contributed by atoms with van der Waals surface area (Å²) in [7, 11) is 0. The van der Waals surface area contributed by atoms with Crippen molar-refractivity contribution >= 4 is 16.7 Å². The SMILES string of the molecule is N#C[C@H]1CCC[C@@H]1n1nc(N)c2c(OCc3ccccc3)nccc21. The third-order valence-corrected chi connectivity index (χ3v) is 4.79. The highest BCUT2D eigenvalue weighted by molar-refractivity contribution is 5.93. The fourth-order valence-corrected chi connectivity index (χ4v) is 3.56. The van der Waals surface area contributed by atoms with E-state index in [0.717, 1.165) is 35.7 Å². The van der Waals surface area contributed by atoms with Crippen LogP contribution in [0.25, 0.3) is 10.9 Å². The van der Waals surface area contributed by atoms with Gasteiger partial charge in [-0.3, -0.25) is 4.68 Å². The number of pyridine rings is 1. The van der Waals surface area contributed by atoms with E-state index in [0.29, 0.717) is 18.3 Å². The van der Waals surface area contributed by atoms with E-state index in [9.17, 15) is 5.26 Å². The summed E-state index contributed by atoms with van der Waals surface area (Å²) in [5.41, 5.74) is 8.11. The first-order chi connectivity index (χ1) is 12.3. The minimum Gasteiger partial charge on any atom is -0.472 e. The zero-order valence-electron chi connectivity index (χ0n) is 13.8. The van der Waals surface area contributed by atoms with Crippen molar-refractivity contribution in [3.05, 3.63) is 48.2 Å². The predicted molar refractivity (Wildman–Crippen MR) is 94.7 cm³/mol. The van der Waals surface area contributed by atoms with Gasteiger partial charge in [0.15, 0.2) is 5.82 Å². The number of anilines is 1. The molecular weight excluding hydrogens is 314 g/mol. The predicted octanol–water partition coefficient (Wildman–Crippen LogP) is 3.46. The van der Waals surface area contributed by atoms with Crippen molar-refractivity contribution in [1.29, 1.82) is 5.26 Å². The number of nitrogen functional groups attached to an aromatic ring is 1. The van der Waals surface area contributed by atoms with Crippen LogP contribution in [0.3, 0.4) is 0 Å². The molecule has 4 rings (SSSR count). The van der Waals surface area contributed by atoms with Gasteiger partial charge in [-0.2, -0.15) is 10.4 Å². The highest BCUT2D eigenvalue weighted by Gasteiger charge is 2.31. The average molecular weight is 333 g/mol. The number of hydrogen-bond acceptors (Lipinski definition) is 5. The van der Waals surface area contributed by atoms with Crippen LogP contribution < -0.4 is 10.5 Å². The molecule has 0 bridgehead atoms. The van der Waals surface area contributed by atoms with Crippen LogP contribution in [0, 0.1) is 17.2 Å². The summed E-state index contributed by atoms with van der Waals surface area (Å²) in [5, 5.41) is 14.6. The molecule has 1 fully saturated rings. The summed E-state index contributed by atoms with van der Waals surface area (Å²) in [4.78, 5) is 4.34. The van der Waals surface area contributed by atoms with Crippen LogP contribution in [-0.4, -0.2) is 14.8 Å². The molecule has 0 amide bonds. The second-order valence-corrected chi connectivity index (χ2v) is 6.35. The number of aromatic nitrogens is 3. The quantitative estimate of drug-likeness (QED) is 0.789. The molecule has 2 N–H and O–H groups in total. The van der Waals surface area contributed by atoms with Gasteiger partial charge in [0, 0.05) is 6.20 Å². The van der Waals surface area contributed by atoms with Gasteiger partial charge in [0.05, 0.1) is 23.5 Å². The van der Waals surface area contributed by atoms with Crippen LogP contribution in [0.5, 0.6) is 5.88 Å². The Bertz CT molecular complexity index is 928. The van der Waals surface area contributed by atoms with E-state index in [1.54, 1.807) is 6.20 Å². The lowest BCUT2D eigenvalue weighted by Gasteiger charge is -2.15. The first kappa shape index (κ1) is 15.5. The Morgan fingerprint density at radius 2 is 2.08 bits per heavy atom. The molecular formula is C19H19N5O. The molecule has 0 spiro atoms. The number of nitrogens with zero attached hydrogens (tertiary/aromatic N) is 4. The van der Waals surface area contributed by atoms with Crippen LogP contribution in [0.1, 0.15) is 30.9 Å². The van der Waals surface area contributed by atoms with E-state index in [-0.39, 0.29) is 12.0 Å². The third-order valence-electron chi connectivity index (χ3n) is 4.79. The Hall–Kier alpha value is -3.07. The van der Waals surface area contributed by atoms with Crippen LogP contribution in [0.15, 0.2) is 42.6 Å². The summed E-state index contributed by atoms with van der Waals surface area (Å²) in [5.74, 6) is 0.857. The van der Waals surface area contributed by atoms with Crippen molar-refractivity contribution in [2.24, 2.45) is 5.92 Å². The third kappa shape index (κ3) is 2.78. The molecule has 1 aliphatic carbocycles. The summed E-state index contributed by atoms with van der Waals surface area (Å²) in [6.45, 7) is 0.418. The van der Waals surface area contributed by atoms with Crippen LogP contribution >= 0.6 is 0 Å². The van der Waals surface area contributed by atoms with Gasteiger partial charge in [0.2, 0.25) is 5.88 Å². The molecule has 1 aromatic carbocycles. The van der Waals surface area contributed by atoms with Crippen molar-refractivity contribution in [3.8, 4) is 11.9 Å². The number of hydrogen-bond donors (Lipinski definition) is 1. The molecule has 2 atom stereocenters. The van der Waals surface area contributed by atoms with Gasteiger partial charge >= 0.3 is 0 Å². The van der Waals surface area contributed by atoms with E-state index in [4.69, 9.17) is 10.5 Å². The highest BCUT2D eigenvalue weighted by atomic mass is 16.5. The smallest absolute Gasteiger partial charge is 0.227 e. The van der Waals surface area contributed by atoms with E-state index in [1.807, 2.05) is 41.1 Å². The lowest BCUT2D eigenvalue weighted by Crippen LogP contribution is -2.14. The summed E-state index contributed by atoms with van der Waals surface area (Å²) >= 11 is 0. The fraction of sp³-hybridized carbons (Fsp3) is 0.316. The normalized spacial score (nSPS) is 19.8. The van der Waals surface area contributed by atoms with Crippen molar-refractivity contribution in [3.63, 3.8) is 0 Å². The zero-order valence-corrected chi connectivity index (χ0v) is 13.8. The number of rotatable bonds is 4. The number of nitriles is 1. The van der Waals surface area contributed by atoms with Gasteiger partial charge < -0.3 is 10.5 Å². The first-order valence-electron chi connectivity index (χ1n) is 8.47. The summed E-state index contributed by atoms with van der Waals surface area (Å²) in [6, 6.07) is 14.3. The Morgan fingerprint density at radius 1 is 1.24 bits per heavy atom. The van der Waals surface area contributed by atoms with E-state index < -0.39 is 0 Å². The van der Waals surface area contributed by atoms with Gasteiger partial charge in [0.25, 0.3) is 0 Å². The average Bonchev–Trinajstić information content (AvgIpc) is 3.25. The maximum atomic E-state index is 9.38. The first-order valence-corrected chi connectivity index (χ1v) is 8.47. The molecule has 6 heteroatoms. The van der Waals surface area contributed by atoms with E-state index >= 15 is 0 Å². The largest absolute Gasteiger partial charge is 0.472 e. The molecule has 2 heterocycles. The molecule has 25 heavy (non-hydrogen) atoms. The van der Waals surface area contributed by atoms with Gasteiger partial charge in [-0.15, -0.1) is 0 Å². The highest BCUT2D eigenvalue weighted by Crippen LogP contribution is 2.39. The second-order valence-electron chi connectivity index (χ2n) is 6.35.